The zero-order chi connectivity index (χ0) is 18.9. The molecule has 0 fully saturated rings. The number of amides is 1. The van der Waals surface area contributed by atoms with Crippen LogP contribution in [0.25, 0.3) is 0 Å². The minimum absolute atomic E-state index is 0.279. The van der Waals surface area contributed by atoms with Crippen LogP contribution >= 0.6 is 0 Å². The van der Waals surface area contributed by atoms with Gasteiger partial charge in [0.2, 0.25) is 0 Å². The van der Waals surface area contributed by atoms with Gasteiger partial charge in [0.05, 0.1) is 0 Å². The lowest BCUT2D eigenvalue weighted by atomic mass is 10.2. The van der Waals surface area contributed by atoms with E-state index in [2.05, 4.69) is 5.32 Å². The number of nitrogens with one attached hydrogen (secondary N) is 1. The van der Waals surface area contributed by atoms with E-state index in [1.54, 1.807) is 36.4 Å². The van der Waals surface area contributed by atoms with Gasteiger partial charge in [0.1, 0.15) is 17.9 Å². The van der Waals surface area contributed by atoms with E-state index >= 15 is 0 Å². The summed E-state index contributed by atoms with van der Waals surface area (Å²) in [5.74, 6) is -0.603. The number of carbonyl (C=O) groups excluding carboxylic acids is 2. The first-order chi connectivity index (χ1) is 13.2. The van der Waals surface area contributed by atoms with E-state index in [0.29, 0.717) is 18.0 Å². The highest BCUT2D eigenvalue weighted by Gasteiger charge is 2.15. The molecule has 0 saturated carbocycles. The normalized spacial score (nSPS) is 10.1. The van der Waals surface area contributed by atoms with Gasteiger partial charge in [-0.15, -0.1) is 0 Å². The number of benzene rings is 3. The smallest absolute Gasteiger partial charge is 0.342 e. The SMILES string of the molecule is O=C(COC(=O)c1ccccc1OCc1ccccc1)Nc1ccccc1. The molecular formula is C22H19NO4. The molecule has 5 nitrogen and oxygen atoms in total. The van der Waals surface area contributed by atoms with Crippen LogP contribution in [0.5, 0.6) is 5.75 Å². The molecule has 0 aliphatic carbocycles. The topological polar surface area (TPSA) is 64.6 Å². The molecule has 27 heavy (non-hydrogen) atoms. The van der Waals surface area contributed by atoms with Crippen molar-refractivity contribution in [2.24, 2.45) is 0 Å². The zero-order valence-electron chi connectivity index (χ0n) is 14.6. The Kier molecular flexibility index (Phi) is 6.20. The van der Waals surface area contributed by atoms with E-state index in [9.17, 15) is 9.59 Å². The molecule has 3 aromatic rings. The largest absolute Gasteiger partial charge is 0.488 e. The lowest BCUT2D eigenvalue weighted by Crippen LogP contribution is -2.21. The molecular weight excluding hydrogens is 342 g/mol. The molecule has 1 N–H and O–H groups in total. The summed E-state index contributed by atoms with van der Waals surface area (Å²) in [7, 11) is 0. The van der Waals surface area contributed by atoms with Gasteiger partial charge in [-0.25, -0.2) is 4.79 Å². The third-order valence-electron chi connectivity index (χ3n) is 3.74. The first-order valence-corrected chi connectivity index (χ1v) is 8.50. The Labute approximate surface area is 157 Å². The number of esters is 1. The van der Waals surface area contributed by atoms with Crippen molar-refractivity contribution in [3.63, 3.8) is 0 Å². The predicted molar refractivity (Wildman–Crippen MR) is 103 cm³/mol. The molecule has 0 spiro atoms. The van der Waals surface area contributed by atoms with Crippen molar-refractivity contribution in [2.75, 3.05) is 11.9 Å². The molecule has 0 aromatic heterocycles. The fourth-order valence-corrected chi connectivity index (χ4v) is 2.42. The Balaban J connectivity index is 1.57. The Bertz CT molecular complexity index is 894. The summed E-state index contributed by atoms with van der Waals surface area (Å²) < 4.78 is 10.9. The van der Waals surface area contributed by atoms with E-state index < -0.39 is 11.9 Å². The van der Waals surface area contributed by atoms with Gasteiger partial charge < -0.3 is 14.8 Å². The molecule has 0 atom stereocenters. The minimum atomic E-state index is -0.609. The Hall–Kier alpha value is -3.60. The summed E-state index contributed by atoms with van der Waals surface area (Å²) in [5, 5.41) is 2.66. The maximum Gasteiger partial charge on any atom is 0.342 e. The van der Waals surface area contributed by atoms with Crippen LogP contribution in [-0.2, 0) is 16.1 Å². The first-order valence-electron chi connectivity index (χ1n) is 8.50. The predicted octanol–water partition coefficient (Wildman–Crippen LogP) is 4.06. The molecule has 0 saturated heterocycles. The van der Waals surface area contributed by atoms with Crippen molar-refractivity contribution in [1.82, 2.24) is 0 Å². The quantitative estimate of drug-likeness (QED) is 0.645. The van der Waals surface area contributed by atoms with Crippen molar-refractivity contribution in [2.45, 2.75) is 6.61 Å². The fourth-order valence-electron chi connectivity index (χ4n) is 2.42. The maximum absolute atomic E-state index is 12.4. The second-order valence-electron chi connectivity index (χ2n) is 5.76. The number of anilines is 1. The lowest BCUT2D eigenvalue weighted by Gasteiger charge is -2.11. The van der Waals surface area contributed by atoms with Crippen LogP contribution in [0, 0.1) is 0 Å². The van der Waals surface area contributed by atoms with Gasteiger partial charge >= 0.3 is 5.97 Å². The molecule has 3 rings (SSSR count). The standard InChI is InChI=1S/C22H19NO4/c24-21(23-18-11-5-2-6-12-18)16-27-22(25)19-13-7-8-14-20(19)26-15-17-9-3-1-4-10-17/h1-14H,15-16H2,(H,23,24). The highest BCUT2D eigenvalue weighted by atomic mass is 16.5. The van der Waals surface area contributed by atoms with E-state index in [1.165, 1.54) is 0 Å². The Morgan fingerprint density at radius 2 is 1.41 bits per heavy atom. The van der Waals surface area contributed by atoms with E-state index in [0.717, 1.165) is 5.56 Å². The summed E-state index contributed by atoms with van der Waals surface area (Å²) >= 11 is 0. The lowest BCUT2D eigenvalue weighted by molar-refractivity contribution is -0.119. The number of para-hydroxylation sites is 2. The summed E-state index contributed by atoms with van der Waals surface area (Å²) in [6.07, 6.45) is 0. The fraction of sp³-hybridized carbons (Fsp3) is 0.0909. The highest BCUT2D eigenvalue weighted by molar-refractivity contribution is 5.96. The maximum atomic E-state index is 12.4. The number of carbonyl (C=O) groups is 2. The zero-order valence-corrected chi connectivity index (χ0v) is 14.6. The molecule has 3 aromatic carbocycles. The monoisotopic (exact) mass is 361 g/mol. The summed E-state index contributed by atoms with van der Waals surface area (Å²) in [6.45, 7) is -0.0413. The summed E-state index contributed by atoms with van der Waals surface area (Å²) in [5.41, 5.74) is 1.91. The first kappa shape index (κ1) is 18.2. The second-order valence-corrected chi connectivity index (χ2v) is 5.76. The molecule has 0 radical (unpaired) electrons. The van der Waals surface area contributed by atoms with Crippen molar-refractivity contribution in [3.05, 3.63) is 96.1 Å². The van der Waals surface area contributed by atoms with Crippen LogP contribution in [-0.4, -0.2) is 18.5 Å². The Morgan fingerprint density at radius 3 is 2.15 bits per heavy atom. The molecule has 1 amide bonds. The van der Waals surface area contributed by atoms with Crippen LogP contribution in [0.15, 0.2) is 84.9 Å². The van der Waals surface area contributed by atoms with Gasteiger partial charge in [0, 0.05) is 5.69 Å². The molecule has 136 valence electrons. The van der Waals surface area contributed by atoms with Crippen LogP contribution in [0.4, 0.5) is 5.69 Å². The summed E-state index contributed by atoms with van der Waals surface area (Å²) in [6, 6.07) is 25.4. The third kappa shape index (κ3) is 5.44. The molecule has 0 unspecified atom stereocenters. The van der Waals surface area contributed by atoms with Gasteiger partial charge in [-0.3, -0.25) is 4.79 Å². The van der Waals surface area contributed by atoms with Crippen LogP contribution in [0.2, 0.25) is 0 Å². The van der Waals surface area contributed by atoms with Crippen LogP contribution in [0.3, 0.4) is 0 Å². The highest BCUT2D eigenvalue weighted by Crippen LogP contribution is 2.20. The molecule has 0 heterocycles. The van der Waals surface area contributed by atoms with Crippen LogP contribution < -0.4 is 10.1 Å². The minimum Gasteiger partial charge on any atom is -0.488 e. The number of hydrogen-bond acceptors (Lipinski definition) is 4. The van der Waals surface area contributed by atoms with E-state index in [1.807, 2.05) is 48.5 Å². The third-order valence-corrected chi connectivity index (χ3v) is 3.74. The second kappa shape index (κ2) is 9.20. The number of ether oxygens (including phenoxy) is 2. The van der Waals surface area contributed by atoms with Gasteiger partial charge in [-0.1, -0.05) is 60.7 Å². The van der Waals surface area contributed by atoms with Gasteiger partial charge in [0.15, 0.2) is 6.61 Å². The average Bonchev–Trinajstić information content (AvgIpc) is 2.72. The van der Waals surface area contributed by atoms with Gasteiger partial charge in [-0.2, -0.15) is 0 Å². The number of rotatable bonds is 7. The van der Waals surface area contributed by atoms with Crippen LogP contribution in [0.1, 0.15) is 15.9 Å². The van der Waals surface area contributed by atoms with Crippen molar-refractivity contribution in [1.29, 1.82) is 0 Å². The van der Waals surface area contributed by atoms with Gasteiger partial charge in [-0.05, 0) is 29.8 Å². The molecule has 5 heteroatoms. The van der Waals surface area contributed by atoms with E-state index in [4.69, 9.17) is 9.47 Å². The van der Waals surface area contributed by atoms with Crippen molar-refractivity contribution in [3.8, 4) is 5.75 Å². The summed E-state index contributed by atoms with van der Waals surface area (Å²) in [4.78, 5) is 24.3. The van der Waals surface area contributed by atoms with Crippen molar-refractivity contribution < 1.29 is 19.1 Å². The van der Waals surface area contributed by atoms with Gasteiger partial charge in [0.25, 0.3) is 5.91 Å². The number of hydrogen-bond donors (Lipinski definition) is 1. The molecule has 0 aliphatic heterocycles. The molecule has 0 bridgehead atoms. The van der Waals surface area contributed by atoms with E-state index in [-0.39, 0.29) is 12.2 Å². The van der Waals surface area contributed by atoms with Crippen molar-refractivity contribution >= 4 is 17.6 Å². The Morgan fingerprint density at radius 1 is 0.778 bits per heavy atom. The molecule has 0 aliphatic rings. The average molecular weight is 361 g/mol.